The number of oxazole rings is 1. The predicted molar refractivity (Wildman–Crippen MR) is 89.3 cm³/mol. The summed E-state index contributed by atoms with van der Waals surface area (Å²) in [7, 11) is -4.02. The van der Waals surface area contributed by atoms with E-state index in [4.69, 9.17) is 8.97 Å². The van der Waals surface area contributed by atoms with Crippen LogP contribution in [-0.4, -0.2) is 29.2 Å². The summed E-state index contributed by atoms with van der Waals surface area (Å²) in [6, 6.07) is 7.91. The number of aromatic nitrogens is 2. The highest BCUT2D eigenvalue weighted by Crippen LogP contribution is 2.21. The normalized spacial score (nSPS) is 11.1. The Labute approximate surface area is 138 Å². The molecule has 0 saturated heterocycles. The van der Waals surface area contributed by atoms with Crippen LogP contribution in [0.5, 0.6) is 0 Å². The Kier molecular flexibility index (Phi) is 5.40. The minimum atomic E-state index is -4.02. The van der Waals surface area contributed by atoms with Gasteiger partial charge < -0.3 is 4.42 Å². The van der Waals surface area contributed by atoms with Gasteiger partial charge in [0.25, 0.3) is 15.3 Å². The molecule has 0 spiro atoms. The molecule has 3 aromatic rings. The first-order valence-corrected chi connectivity index (χ1v) is 9.28. The Balaban J connectivity index is 0.000000168. The highest BCUT2D eigenvalue weighted by Gasteiger charge is 2.07. The van der Waals surface area contributed by atoms with Crippen molar-refractivity contribution in [3.8, 4) is 0 Å². The van der Waals surface area contributed by atoms with Crippen LogP contribution in [0.2, 0.25) is 0 Å². The molecule has 0 amide bonds. The van der Waals surface area contributed by atoms with Gasteiger partial charge in [-0.3, -0.25) is 4.55 Å². The third-order valence-electron chi connectivity index (χ3n) is 2.97. The van der Waals surface area contributed by atoms with Gasteiger partial charge in [0.1, 0.15) is 5.52 Å². The maximum Gasteiger partial charge on any atom is 0.294 e. The molecule has 8 heteroatoms. The van der Waals surface area contributed by atoms with Gasteiger partial charge in [0.2, 0.25) is 5.71 Å². The molecule has 3 rings (SSSR count). The molecule has 0 atom stereocenters. The lowest BCUT2D eigenvalue weighted by molar-refractivity contribution is 0.482. The molecule has 2 heterocycles. The summed E-state index contributed by atoms with van der Waals surface area (Å²) in [5.74, 6) is 0. The van der Waals surface area contributed by atoms with Crippen LogP contribution >= 0.6 is 11.8 Å². The van der Waals surface area contributed by atoms with E-state index in [1.165, 1.54) is 23.9 Å². The molecule has 23 heavy (non-hydrogen) atoms. The van der Waals surface area contributed by atoms with Crippen molar-refractivity contribution in [1.82, 2.24) is 9.97 Å². The molecular formula is C15H16N2O4S2. The molecule has 0 aliphatic carbocycles. The summed E-state index contributed by atoms with van der Waals surface area (Å²) in [6.07, 6.45) is 3.66. The summed E-state index contributed by atoms with van der Waals surface area (Å²) >= 11 is 1.49. The van der Waals surface area contributed by atoms with E-state index in [1.807, 2.05) is 26.2 Å². The van der Waals surface area contributed by atoms with Crippen molar-refractivity contribution in [2.24, 2.45) is 0 Å². The zero-order chi connectivity index (χ0) is 17.0. The monoisotopic (exact) mass is 352 g/mol. The Bertz CT molecular complexity index is 903. The first-order chi connectivity index (χ1) is 10.8. The van der Waals surface area contributed by atoms with Gasteiger partial charge >= 0.3 is 0 Å². The molecule has 0 radical (unpaired) electrons. The van der Waals surface area contributed by atoms with E-state index >= 15 is 0 Å². The molecule has 1 aromatic carbocycles. The second kappa shape index (κ2) is 7.12. The number of pyridine rings is 1. The molecule has 0 bridgehead atoms. The van der Waals surface area contributed by atoms with Crippen molar-refractivity contribution in [3.63, 3.8) is 0 Å². The summed E-state index contributed by atoms with van der Waals surface area (Å²) < 4.78 is 34.9. The average Bonchev–Trinajstić information content (AvgIpc) is 2.92. The smallest absolute Gasteiger partial charge is 0.294 e. The fourth-order valence-corrected chi connectivity index (χ4v) is 2.56. The second-order valence-corrected chi connectivity index (χ2v) is 6.93. The predicted octanol–water partition coefficient (Wildman–Crippen LogP) is 3.49. The van der Waals surface area contributed by atoms with Crippen LogP contribution in [0.3, 0.4) is 0 Å². The van der Waals surface area contributed by atoms with E-state index < -0.39 is 10.1 Å². The average molecular weight is 352 g/mol. The molecule has 0 aliphatic rings. The number of benzene rings is 1. The summed E-state index contributed by atoms with van der Waals surface area (Å²) in [6.45, 7) is 3.84. The van der Waals surface area contributed by atoms with Crippen LogP contribution in [0.25, 0.3) is 11.2 Å². The van der Waals surface area contributed by atoms with Gasteiger partial charge in [0, 0.05) is 6.20 Å². The zero-order valence-corrected chi connectivity index (χ0v) is 14.5. The first kappa shape index (κ1) is 17.5. The largest absolute Gasteiger partial charge is 0.412 e. The van der Waals surface area contributed by atoms with Crippen molar-refractivity contribution in [1.29, 1.82) is 0 Å². The fraction of sp³-hybridized carbons (Fsp3) is 0.200. The zero-order valence-electron chi connectivity index (χ0n) is 12.8. The number of hydrogen-bond donors (Lipinski definition) is 1. The first-order valence-electron chi connectivity index (χ1n) is 6.61. The third-order valence-corrected chi connectivity index (χ3v) is 4.36. The number of fused-ring (bicyclic) bond motifs is 1. The van der Waals surface area contributed by atoms with E-state index in [0.717, 1.165) is 16.6 Å². The molecule has 122 valence electrons. The van der Waals surface area contributed by atoms with E-state index in [2.05, 4.69) is 9.97 Å². The number of aryl methyl sites for hydroxylation is 2. The molecule has 0 saturated carbocycles. The second-order valence-electron chi connectivity index (χ2n) is 4.75. The molecule has 0 fully saturated rings. The van der Waals surface area contributed by atoms with Crippen molar-refractivity contribution in [2.45, 2.75) is 24.0 Å². The van der Waals surface area contributed by atoms with Gasteiger partial charge in [-0.1, -0.05) is 29.5 Å². The molecule has 6 nitrogen and oxygen atoms in total. The van der Waals surface area contributed by atoms with Crippen molar-refractivity contribution >= 4 is 33.1 Å². The van der Waals surface area contributed by atoms with Crippen LogP contribution in [-0.2, 0) is 10.1 Å². The minimum Gasteiger partial charge on any atom is -0.412 e. The van der Waals surface area contributed by atoms with Crippen LogP contribution in [0.1, 0.15) is 11.1 Å². The van der Waals surface area contributed by atoms with Crippen LogP contribution in [0.4, 0.5) is 0 Å². The van der Waals surface area contributed by atoms with Gasteiger partial charge in [0.15, 0.2) is 0 Å². The summed E-state index contributed by atoms with van der Waals surface area (Å²) in [4.78, 5) is 8.27. The van der Waals surface area contributed by atoms with Crippen molar-refractivity contribution in [2.75, 3.05) is 6.26 Å². The molecule has 2 aromatic heterocycles. The van der Waals surface area contributed by atoms with E-state index in [0.29, 0.717) is 10.9 Å². The Morgan fingerprint density at radius 2 is 1.78 bits per heavy atom. The number of rotatable bonds is 2. The van der Waals surface area contributed by atoms with Crippen LogP contribution < -0.4 is 0 Å². The lowest BCUT2D eigenvalue weighted by Gasteiger charge is -1.95. The summed E-state index contributed by atoms with van der Waals surface area (Å²) in [5.41, 5.74) is 3.54. The standard InChI is InChI=1S/C8H8N2OS.C7H8O3S/c1-5-3-4-9-7-6(5)10-8(11-7)12-2;1-6-2-4-7(5-3-6)11(8,9)10/h3-4H,1-2H3;2-5H,1H3,(H,8,9,10). The summed E-state index contributed by atoms with van der Waals surface area (Å²) in [5, 5.41) is 0.673. The molecule has 1 N–H and O–H groups in total. The Morgan fingerprint density at radius 1 is 1.13 bits per heavy atom. The molecular weight excluding hydrogens is 336 g/mol. The lowest BCUT2D eigenvalue weighted by Crippen LogP contribution is -1.96. The quantitative estimate of drug-likeness (QED) is 0.557. The van der Waals surface area contributed by atoms with E-state index in [-0.39, 0.29) is 4.90 Å². The van der Waals surface area contributed by atoms with Gasteiger partial charge in [0.05, 0.1) is 4.90 Å². The SMILES string of the molecule is CSc1nc2c(C)ccnc2o1.Cc1ccc(S(=O)(=O)O)cc1. The van der Waals surface area contributed by atoms with E-state index in [9.17, 15) is 8.42 Å². The lowest BCUT2D eigenvalue weighted by atomic mass is 10.2. The minimum absolute atomic E-state index is 0.0666. The highest BCUT2D eigenvalue weighted by atomic mass is 32.2. The number of nitrogens with zero attached hydrogens (tertiary/aromatic N) is 2. The molecule has 0 aliphatic heterocycles. The van der Waals surface area contributed by atoms with Crippen molar-refractivity contribution < 1.29 is 17.4 Å². The molecule has 0 unspecified atom stereocenters. The number of thioether (sulfide) groups is 1. The number of hydrogen-bond acceptors (Lipinski definition) is 6. The highest BCUT2D eigenvalue weighted by molar-refractivity contribution is 7.98. The van der Waals surface area contributed by atoms with Crippen LogP contribution in [0, 0.1) is 13.8 Å². The van der Waals surface area contributed by atoms with E-state index in [1.54, 1.807) is 18.3 Å². The Hall–Kier alpha value is -1.90. The maximum absolute atomic E-state index is 10.5. The third kappa shape index (κ3) is 4.54. The Morgan fingerprint density at radius 3 is 2.30 bits per heavy atom. The van der Waals surface area contributed by atoms with Gasteiger partial charge in [-0.15, -0.1) is 0 Å². The van der Waals surface area contributed by atoms with Gasteiger partial charge in [-0.05, 0) is 43.9 Å². The van der Waals surface area contributed by atoms with Gasteiger partial charge in [-0.25, -0.2) is 9.97 Å². The fourth-order valence-electron chi connectivity index (χ4n) is 1.73. The van der Waals surface area contributed by atoms with Crippen molar-refractivity contribution in [3.05, 3.63) is 47.7 Å². The maximum atomic E-state index is 10.5. The van der Waals surface area contributed by atoms with Crippen LogP contribution in [0.15, 0.2) is 51.1 Å². The topological polar surface area (TPSA) is 93.3 Å². The van der Waals surface area contributed by atoms with Gasteiger partial charge in [-0.2, -0.15) is 8.42 Å².